The molecule has 2 fully saturated rings. The van der Waals surface area contributed by atoms with Crippen LogP contribution in [0.3, 0.4) is 0 Å². The maximum atomic E-state index is 2.51. The van der Waals surface area contributed by atoms with Crippen molar-refractivity contribution < 1.29 is 0 Å². The second kappa shape index (κ2) is 5.33. The predicted molar refractivity (Wildman–Crippen MR) is 77.4 cm³/mol. The minimum absolute atomic E-state index is 0.286. The molecule has 0 aliphatic heterocycles. The van der Waals surface area contributed by atoms with Gasteiger partial charge in [-0.05, 0) is 61.5 Å². The molecule has 2 aliphatic rings. The first-order valence-electron chi connectivity index (χ1n) is 7.06. The van der Waals surface area contributed by atoms with Gasteiger partial charge in [0.05, 0.1) is 0 Å². The summed E-state index contributed by atoms with van der Waals surface area (Å²) in [5.41, 5.74) is 0. The Bertz CT molecular complexity index is 202. The molecular formula is C15H29S-. The molecule has 0 aromatic heterocycles. The summed E-state index contributed by atoms with van der Waals surface area (Å²) in [7, 11) is -0.286. The van der Waals surface area contributed by atoms with E-state index in [4.69, 9.17) is 0 Å². The standard InChI is InChI=1S/C15H29S/c1-16(2,3)15-11-9-14(10-12-15)13-7-5-4-6-8-13/h4,13-15H,5-12H2,1-3H3/q-1. The molecule has 0 unspecified atom stereocenters. The minimum atomic E-state index is -0.286. The molecule has 2 aliphatic carbocycles. The fraction of sp³-hybridized carbons (Fsp3) is 0.933. The van der Waals surface area contributed by atoms with Crippen LogP contribution in [-0.2, 0) is 0 Å². The fourth-order valence-electron chi connectivity index (χ4n) is 3.69. The van der Waals surface area contributed by atoms with Crippen LogP contribution < -0.4 is 0 Å². The van der Waals surface area contributed by atoms with Crippen LogP contribution >= 0.6 is 10.0 Å². The van der Waals surface area contributed by atoms with E-state index in [9.17, 15) is 0 Å². The maximum Gasteiger partial charge on any atom is -0.0119 e. The predicted octanol–water partition coefficient (Wildman–Crippen LogP) is 4.63. The third-order valence-electron chi connectivity index (χ3n) is 4.87. The Hall–Kier alpha value is 0.350. The lowest BCUT2D eigenvalue weighted by molar-refractivity contribution is 0.213. The molecule has 0 aromatic carbocycles. The van der Waals surface area contributed by atoms with Gasteiger partial charge in [0.15, 0.2) is 0 Å². The lowest BCUT2D eigenvalue weighted by Gasteiger charge is -2.44. The van der Waals surface area contributed by atoms with Crippen LogP contribution in [0, 0.1) is 18.3 Å². The molecule has 0 spiro atoms. The highest BCUT2D eigenvalue weighted by molar-refractivity contribution is 8.32. The summed E-state index contributed by atoms with van der Waals surface area (Å²) >= 11 is 0. The number of hydrogen-bond donors (Lipinski definition) is 0. The van der Waals surface area contributed by atoms with Crippen molar-refractivity contribution in [2.75, 3.05) is 18.8 Å². The van der Waals surface area contributed by atoms with Crippen LogP contribution in [0.1, 0.15) is 51.4 Å². The quantitative estimate of drug-likeness (QED) is 0.618. The minimum Gasteiger partial charge on any atom is -0.328 e. The number of rotatable bonds is 2. The summed E-state index contributed by atoms with van der Waals surface area (Å²) in [5, 5.41) is 1.07. The van der Waals surface area contributed by atoms with Gasteiger partial charge in [-0.15, -0.1) is 0 Å². The van der Waals surface area contributed by atoms with Crippen LogP contribution in [0.25, 0.3) is 0 Å². The lowest BCUT2D eigenvalue weighted by Crippen LogP contribution is -2.28. The van der Waals surface area contributed by atoms with Crippen molar-refractivity contribution in [3.05, 3.63) is 6.42 Å². The van der Waals surface area contributed by atoms with Crippen molar-refractivity contribution in [1.82, 2.24) is 0 Å². The summed E-state index contributed by atoms with van der Waals surface area (Å²) in [6, 6.07) is 0. The van der Waals surface area contributed by atoms with Crippen LogP contribution in [0.2, 0.25) is 0 Å². The van der Waals surface area contributed by atoms with E-state index in [1.54, 1.807) is 12.8 Å². The van der Waals surface area contributed by atoms with Gasteiger partial charge in [0, 0.05) is 0 Å². The van der Waals surface area contributed by atoms with Crippen molar-refractivity contribution in [1.29, 1.82) is 0 Å². The zero-order valence-electron chi connectivity index (χ0n) is 11.4. The first kappa shape index (κ1) is 12.8. The molecule has 2 saturated carbocycles. The van der Waals surface area contributed by atoms with Crippen LogP contribution in [0.4, 0.5) is 0 Å². The zero-order valence-corrected chi connectivity index (χ0v) is 12.2. The molecule has 0 radical (unpaired) electrons. The Morgan fingerprint density at radius 1 is 0.750 bits per heavy atom. The van der Waals surface area contributed by atoms with Gasteiger partial charge in [0.1, 0.15) is 0 Å². The zero-order chi connectivity index (χ0) is 11.6. The van der Waals surface area contributed by atoms with Gasteiger partial charge in [-0.1, -0.05) is 12.8 Å². The van der Waals surface area contributed by atoms with Gasteiger partial charge in [-0.2, -0.15) is 12.8 Å². The molecule has 0 atom stereocenters. The Balaban J connectivity index is 1.80. The van der Waals surface area contributed by atoms with Crippen molar-refractivity contribution in [2.24, 2.45) is 11.8 Å². The Labute approximate surface area is 104 Å². The first-order chi connectivity index (χ1) is 7.57. The summed E-state index contributed by atoms with van der Waals surface area (Å²) in [5.74, 6) is 2.17. The van der Waals surface area contributed by atoms with E-state index in [2.05, 4.69) is 25.2 Å². The molecule has 16 heavy (non-hydrogen) atoms. The highest BCUT2D eigenvalue weighted by Gasteiger charge is 2.30. The highest BCUT2D eigenvalue weighted by Crippen LogP contribution is 2.50. The van der Waals surface area contributed by atoms with Gasteiger partial charge in [-0.3, -0.25) is 0 Å². The molecule has 0 aromatic rings. The topological polar surface area (TPSA) is 0 Å². The van der Waals surface area contributed by atoms with E-state index in [-0.39, 0.29) is 10.0 Å². The van der Waals surface area contributed by atoms with E-state index in [1.807, 2.05) is 0 Å². The van der Waals surface area contributed by atoms with E-state index in [1.165, 1.54) is 38.5 Å². The molecule has 2 rings (SSSR count). The molecule has 0 N–H and O–H groups in total. The molecule has 96 valence electrons. The average Bonchev–Trinajstić information content (AvgIpc) is 2.29. The van der Waals surface area contributed by atoms with Crippen molar-refractivity contribution in [3.63, 3.8) is 0 Å². The van der Waals surface area contributed by atoms with E-state index in [0.717, 1.165) is 17.1 Å². The molecule has 0 amide bonds. The second-order valence-electron chi connectivity index (χ2n) is 6.67. The van der Waals surface area contributed by atoms with E-state index in [0.29, 0.717) is 0 Å². The maximum absolute atomic E-state index is 2.51. The molecule has 0 nitrogen and oxygen atoms in total. The summed E-state index contributed by atoms with van der Waals surface area (Å²) < 4.78 is 0. The van der Waals surface area contributed by atoms with Gasteiger partial charge in [-0.25, -0.2) is 10.0 Å². The van der Waals surface area contributed by atoms with Gasteiger partial charge < -0.3 is 6.42 Å². The van der Waals surface area contributed by atoms with Gasteiger partial charge in [0.25, 0.3) is 0 Å². The molecule has 0 saturated heterocycles. The Morgan fingerprint density at radius 2 is 1.25 bits per heavy atom. The summed E-state index contributed by atoms with van der Waals surface area (Å²) in [4.78, 5) is 0. The van der Waals surface area contributed by atoms with Crippen LogP contribution in [0.15, 0.2) is 0 Å². The normalized spacial score (nSPS) is 34.9. The highest BCUT2D eigenvalue weighted by atomic mass is 32.3. The monoisotopic (exact) mass is 241 g/mol. The van der Waals surface area contributed by atoms with Crippen molar-refractivity contribution in [3.8, 4) is 0 Å². The van der Waals surface area contributed by atoms with E-state index >= 15 is 0 Å². The van der Waals surface area contributed by atoms with Crippen LogP contribution in [-0.4, -0.2) is 24.0 Å². The average molecular weight is 241 g/mol. The first-order valence-corrected chi connectivity index (χ1v) is 9.98. The molecular weight excluding hydrogens is 212 g/mol. The molecule has 0 bridgehead atoms. The van der Waals surface area contributed by atoms with Crippen molar-refractivity contribution in [2.45, 2.75) is 56.6 Å². The third-order valence-corrected chi connectivity index (χ3v) is 7.34. The summed E-state index contributed by atoms with van der Waals surface area (Å²) in [6.07, 6.45) is 22.0. The number of hydrogen-bond acceptors (Lipinski definition) is 0. The SMILES string of the molecule is CS(C)(C)C1CCC(C2CC[CH-]CC2)CC1. The van der Waals surface area contributed by atoms with Gasteiger partial charge >= 0.3 is 0 Å². The fourth-order valence-corrected chi connectivity index (χ4v) is 5.38. The molecule has 1 heteroatoms. The third kappa shape index (κ3) is 3.18. The Kier molecular flexibility index (Phi) is 4.26. The lowest BCUT2D eigenvalue weighted by atomic mass is 9.73. The van der Waals surface area contributed by atoms with Gasteiger partial charge in [0.2, 0.25) is 0 Å². The smallest absolute Gasteiger partial charge is 0.0119 e. The van der Waals surface area contributed by atoms with E-state index < -0.39 is 0 Å². The Morgan fingerprint density at radius 3 is 1.75 bits per heavy atom. The van der Waals surface area contributed by atoms with Crippen LogP contribution in [0.5, 0.6) is 0 Å². The largest absolute Gasteiger partial charge is 0.328 e. The summed E-state index contributed by atoms with van der Waals surface area (Å²) in [6.45, 7) is 0. The van der Waals surface area contributed by atoms with Crippen molar-refractivity contribution >= 4 is 10.0 Å². The molecule has 0 heterocycles. The second-order valence-corrected chi connectivity index (χ2v) is 11.2.